The van der Waals surface area contributed by atoms with Crippen LogP contribution in [0.5, 0.6) is 0 Å². The first-order valence-electron chi connectivity index (χ1n) is 13.0. The molecule has 2 fully saturated rings. The number of ether oxygens (including phenoxy) is 1. The van der Waals surface area contributed by atoms with Crippen molar-refractivity contribution in [1.29, 1.82) is 0 Å². The highest BCUT2D eigenvalue weighted by atomic mass is 35.5. The van der Waals surface area contributed by atoms with Crippen LogP contribution in [-0.4, -0.2) is 82.7 Å². The number of nitrogens with one attached hydrogen (secondary N) is 1. The van der Waals surface area contributed by atoms with E-state index < -0.39 is 11.5 Å². The number of aliphatic hydroxyl groups excluding tert-OH is 1. The minimum absolute atomic E-state index is 0. The number of carbonyl (C=O) groups excluding carboxylic acids is 1. The van der Waals surface area contributed by atoms with Gasteiger partial charge in [0.05, 0.1) is 35.8 Å². The van der Waals surface area contributed by atoms with Crippen LogP contribution in [0.1, 0.15) is 29.1 Å². The summed E-state index contributed by atoms with van der Waals surface area (Å²) in [5, 5.41) is 24.0. The largest absolute Gasteiger partial charge is 0.451 e. The minimum atomic E-state index is -1.11. The maximum absolute atomic E-state index is 13.3. The molecular weight excluding hydrogens is 556 g/mol. The van der Waals surface area contributed by atoms with Gasteiger partial charge in [-0.05, 0) is 50.1 Å². The fourth-order valence-electron chi connectivity index (χ4n) is 4.86. The Balaban J connectivity index is 0.00000323. The van der Waals surface area contributed by atoms with Gasteiger partial charge < -0.3 is 34.5 Å². The topological polar surface area (TPSA) is 137 Å². The lowest BCUT2D eigenvalue weighted by Crippen LogP contribution is -2.47. The van der Waals surface area contributed by atoms with Crippen LogP contribution in [0.3, 0.4) is 0 Å². The molecule has 1 amide bonds. The van der Waals surface area contributed by atoms with Gasteiger partial charge in [-0.15, -0.1) is 12.4 Å². The van der Waals surface area contributed by atoms with Crippen LogP contribution in [-0.2, 0) is 4.74 Å². The first kappa shape index (κ1) is 28.2. The van der Waals surface area contributed by atoms with Crippen molar-refractivity contribution < 1.29 is 24.2 Å². The number of pyridine rings is 2. The Labute approximate surface area is 241 Å². The summed E-state index contributed by atoms with van der Waals surface area (Å²) in [6.07, 6.45) is 2.48. The summed E-state index contributed by atoms with van der Waals surface area (Å²) in [7, 11) is 0. The molecule has 4 aromatic rings. The van der Waals surface area contributed by atoms with Crippen LogP contribution >= 0.6 is 23.7 Å². The highest BCUT2D eigenvalue weighted by Gasteiger charge is 2.33. The van der Waals surface area contributed by atoms with Crippen LogP contribution in [0.4, 0.5) is 16.6 Å². The second kappa shape index (κ2) is 11.7. The lowest BCUT2D eigenvalue weighted by atomic mass is 9.92. The lowest BCUT2D eigenvalue weighted by molar-refractivity contribution is -0.0326. The predicted molar refractivity (Wildman–Crippen MR) is 156 cm³/mol. The lowest BCUT2D eigenvalue weighted by Gasteiger charge is -2.38. The van der Waals surface area contributed by atoms with Gasteiger partial charge in [0.2, 0.25) is 0 Å². The van der Waals surface area contributed by atoms with Crippen molar-refractivity contribution in [2.24, 2.45) is 0 Å². The van der Waals surface area contributed by atoms with Gasteiger partial charge in [0.15, 0.2) is 22.4 Å². The average molecular weight is 587 g/mol. The molecule has 2 aliphatic rings. The fourth-order valence-corrected chi connectivity index (χ4v) is 5.86. The summed E-state index contributed by atoms with van der Waals surface area (Å²) >= 11 is 1.53. The van der Waals surface area contributed by atoms with Gasteiger partial charge in [-0.25, -0.2) is 4.98 Å². The molecule has 6 heterocycles. The number of nitrogens with zero attached hydrogens (tertiary/aromatic N) is 5. The number of thiazole rings is 1. The molecule has 2 saturated heterocycles. The number of halogens is 1. The average Bonchev–Trinajstić information content (AvgIpc) is 3.61. The third kappa shape index (κ3) is 5.77. The zero-order valence-corrected chi connectivity index (χ0v) is 23.6. The highest BCUT2D eigenvalue weighted by Crippen LogP contribution is 2.37. The van der Waals surface area contributed by atoms with E-state index in [0.29, 0.717) is 62.1 Å². The maximum Gasteiger partial charge on any atom is 0.291 e. The Hall–Kier alpha value is -3.29. The molecule has 212 valence electrons. The van der Waals surface area contributed by atoms with E-state index in [1.54, 1.807) is 18.3 Å². The summed E-state index contributed by atoms with van der Waals surface area (Å²) in [5.74, 6) is 0.941. The summed E-state index contributed by atoms with van der Waals surface area (Å²) in [4.78, 5) is 31.4. The van der Waals surface area contributed by atoms with Crippen molar-refractivity contribution in [1.82, 2.24) is 15.0 Å². The van der Waals surface area contributed by atoms with E-state index >= 15 is 0 Å². The van der Waals surface area contributed by atoms with Gasteiger partial charge in [-0.1, -0.05) is 11.3 Å². The zero-order valence-electron chi connectivity index (χ0n) is 22.0. The number of carbonyl (C=O) groups is 1. The number of aromatic nitrogens is 3. The molecule has 0 atom stereocenters. The third-order valence-electron chi connectivity index (χ3n) is 7.18. The molecular formula is C27H31ClN6O5S. The molecule has 0 aromatic carbocycles. The maximum atomic E-state index is 13.3. The van der Waals surface area contributed by atoms with E-state index in [9.17, 15) is 15.0 Å². The van der Waals surface area contributed by atoms with E-state index in [1.807, 2.05) is 30.0 Å². The molecule has 0 bridgehead atoms. The van der Waals surface area contributed by atoms with Crippen LogP contribution in [0, 0.1) is 6.92 Å². The van der Waals surface area contributed by atoms with Gasteiger partial charge in [0.1, 0.15) is 5.76 Å². The molecule has 0 spiro atoms. The fraction of sp³-hybridized carbons (Fsp3) is 0.407. The first-order chi connectivity index (χ1) is 18.9. The van der Waals surface area contributed by atoms with Gasteiger partial charge in [0.25, 0.3) is 5.91 Å². The third-order valence-corrected chi connectivity index (χ3v) is 8.23. The van der Waals surface area contributed by atoms with E-state index in [4.69, 9.17) is 19.1 Å². The SMILES string of the molecule is Cc1cc(-c2ccc(C(=O)Nc3cc4sc(N5CCOCC5)nc4nc3N3CCC(O)(CO)CC3)o2)ccn1.Cl. The molecule has 40 heavy (non-hydrogen) atoms. The second-order valence-corrected chi connectivity index (χ2v) is 11.0. The molecule has 13 heteroatoms. The summed E-state index contributed by atoms with van der Waals surface area (Å²) in [6, 6.07) is 9.06. The number of aryl methyl sites for hydroxylation is 1. The highest BCUT2D eigenvalue weighted by molar-refractivity contribution is 7.22. The zero-order chi connectivity index (χ0) is 27.0. The normalized spacial score (nSPS) is 17.1. The standard InChI is InChI=1S/C27H30N6O5S.ClH/c1-17-14-18(4-7-28-17)20-2-3-21(38-20)25(35)29-19-15-22-23(31-26(39-22)33-10-12-37-13-11-33)30-24(19)32-8-5-27(36,16-34)6-9-32;/h2-4,7,14-15,34,36H,5-6,8-13,16H2,1H3,(H,29,35);1H. The van der Waals surface area contributed by atoms with Crippen LogP contribution < -0.4 is 15.1 Å². The first-order valence-corrected chi connectivity index (χ1v) is 13.8. The van der Waals surface area contributed by atoms with E-state index in [2.05, 4.69) is 15.2 Å². The van der Waals surface area contributed by atoms with Gasteiger partial charge in [-0.3, -0.25) is 9.78 Å². The number of furan rings is 1. The molecule has 4 aromatic heterocycles. The molecule has 0 saturated carbocycles. The molecule has 3 N–H and O–H groups in total. The van der Waals surface area contributed by atoms with E-state index in [-0.39, 0.29) is 24.8 Å². The molecule has 0 radical (unpaired) electrons. The monoisotopic (exact) mass is 586 g/mol. The number of anilines is 3. The summed E-state index contributed by atoms with van der Waals surface area (Å²) < 4.78 is 12.2. The number of morpholine rings is 1. The Morgan fingerprint density at radius 3 is 2.60 bits per heavy atom. The molecule has 6 rings (SSSR count). The van der Waals surface area contributed by atoms with Crippen molar-refractivity contribution in [2.75, 3.05) is 61.1 Å². The Morgan fingerprint density at radius 2 is 1.88 bits per heavy atom. The van der Waals surface area contributed by atoms with Crippen molar-refractivity contribution in [2.45, 2.75) is 25.4 Å². The minimum Gasteiger partial charge on any atom is -0.451 e. The van der Waals surface area contributed by atoms with Crippen molar-refractivity contribution in [3.63, 3.8) is 0 Å². The Kier molecular flexibility index (Phi) is 8.24. The number of hydrogen-bond donors (Lipinski definition) is 3. The van der Waals surface area contributed by atoms with Crippen molar-refractivity contribution in [3.8, 4) is 11.3 Å². The number of rotatable bonds is 6. The smallest absolute Gasteiger partial charge is 0.291 e. The molecule has 0 unspecified atom stereocenters. The number of amides is 1. The van der Waals surface area contributed by atoms with Gasteiger partial charge in [-0.2, -0.15) is 4.98 Å². The van der Waals surface area contributed by atoms with Crippen LogP contribution in [0.15, 0.2) is 40.9 Å². The number of aliphatic hydroxyl groups is 2. The Bertz CT molecular complexity index is 1500. The molecule has 0 aliphatic carbocycles. The van der Waals surface area contributed by atoms with Crippen LogP contribution in [0.2, 0.25) is 0 Å². The van der Waals surface area contributed by atoms with Crippen molar-refractivity contribution in [3.05, 3.63) is 48.0 Å². The predicted octanol–water partition coefficient (Wildman–Crippen LogP) is 3.49. The molecule has 11 nitrogen and oxygen atoms in total. The number of piperidine rings is 1. The van der Waals surface area contributed by atoms with Crippen LogP contribution in [0.25, 0.3) is 21.7 Å². The summed E-state index contributed by atoms with van der Waals surface area (Å²) in [5.41, 5.74) is 1.73. The van der Waals surface area contributed by atoms with E-state index in [0.717, 1.165) is 34.2 Å². The van der Waals surface area contributed by atoms with Gasteiger partial charge >= 0.3 is 0 Å². The van der Waals surface area contributed by atoms with Crippen molar-refractivity contribution >= 4 is 56.6 Å². The van der Waals surface area contributed by atoms with Gasteiger partial charge in [0, 0.05) is 43.6 Å². The molecule has 2 aliphatic heterocycles. The number of hydrogen-bond acceptors (Lipinski definition) is 11. The summed E-state index contributed by atoms with van der Waals surface area (Å²) in [6.45, 7) is 5.40. The second-order valence-electron chi connectivity index (χ2n) is 9.95. The quantitative estimate of drug-likeness (QED) is 0.308. The number of fused-ring (bicyclic) bond motifs is 1. The van der Waals surface area contributed by atoms with E-state index in [1.165, 1.54) is 11.3 Å². The Morgan fingerprint density at radius 1 is 1.10 bits per heavy atom.